The standard InChI is InChI=1S/C58H111NO8/c1-3-5-7-9-11-13-15-17-19-20-21-22-23-24-25-26-27-28-29-30-31-32-34-35-37-39-41-43-45-47-52(61)51(50-66-58-57(65)56(64)55(63)53(49-60)67-58)59-54(62)48-46-44-42-40-38-36-33-18-16-14-12-10-8-6-4-2/h18,33,45,47,51-53,55-58,60-61,63-65H,3-17,19-32,34-44,46,48-50H2,1-2H3,(H,59,62)/b33-18-,47-45+. The fourth-order valence-corrected chi connectivity index (χ4v) is 9.39. The minimum Gasteiger partial charge on any atom is -0.394 e. The fraction of sp³-hybridized carbons (Fsp3) is 0.914. The lowest BCUT2D eigenvalue weighted by atomic mass is 9.99. The van der Waals surface area contributed by atoms with Gasteiger partial charge in [-0.05, 0) is 44.9 Å². The van der Waals surface area contributed by atoms with Crippen LogP contribution < -0.4 is 5.32 Å². The smallest absolute Gasteiger partial charge is 0.220 e. The van der Waals surface area contributed by atoms with E-state index in [4.69, 9.17) is 9.47 Å². The Labute approximate surface area is 413 Å². The zero-order valence-electron chi connectivity index (χ0n) is 43.9. The predicted octanol–water partition coefficient (Wildman–Crippen LogP) is 14.2. The van der Waals surface area contributed by atoms with Crippen LogP contribution in [0.3, 0.4) is 0 Å². The second-order valence-corrected chi connectivity index (χ2v) is 20.4. The van der Waals surface area contributed by atoms with Crippen LogP contribution in [0.2, 0.25) is 0 Å². The molecule has 0 aromatic carbocycles. The van der Waals surface area contributed by atoms with E-state index >= 15 is 0 Å². The number of allylic oxidation sites excluding steroid dienone is 3. The highest BCUT2D eigenvalue weighted by atomic mass is 16.7. The molecule has 6 N–H and O–H groups in total. The molecule has 1 rings (SSSR count). The maximum atomic E-state index is 13.0. The van der Waals surface area contributed by atoms with Gasteiger partial charge in [-0.1, -0.05) is 256 Å². The van der Waals surface area contributed by atoms with E-state index in [1.54, 1.807) is 6.08 Å². The highest BCUT2D eigenvalue weighted by Gasteiger charge is 2.44. The van der Waals surface area contributed by atoms with E-state index in [9.17, 15) is 30.3 Å². The normalized spacial score (nSPS) is 19.8. The van der Waals surface area contributed by atoms with Crippen molar-refractivity contribution in [3.05, 3.63) is 24.3 Å². The van der Waals surface area contributed by atoms with Crippen molar-refractivity contribution in [1.29, 1.82) is 0 Å². The van der Waals surface area contributed by atoms with Crippen molar-refractivity contribution in [1.82, 2.24) is 5.32 Å². The summed E-state index contributed by atoms with van der Waals surface area (Å²) in [5, 5.41) is 54.5. The number of hydrogen-bond donors (Lipinski definition) is 6. The second-order valence-electron chi connectivity index (χ2n) is 20.4. The molecule has 0 aromatic rings. The molecule has 1 heterocycles. The summed E-state index contributed by atoms with van der Waals surface area (Å²) in [6.07, 6.45) is 54.0. The molecule has 1 amide bonds. The summed E-state index contributed by atoms with van der Waals surface area (Å²) in [7, 11) is 0. The maximum absolute atomic E-state index is 13.0. The van der Waals surface area contributed by atoms with E-state index < -0.39 is 49.5 Å². The number of aliphatic hydroxyl groups excluding tert-OH is 5. The van der Waals surface area contributed by atoms with Gasteiger partial charge in [0.05, 0.1) is 25.4 Å². The first kappa shape index (κ1) is 63.7. The average Bonchev–Trinajstić information content (AvgIpc) is 3.33. The molecule has 0 radical (unpaired) electrons. The number of unbranched alkanes of at least 4 members (excludes halogenated alkanes) is 38. The molecule has 0 bridgehead atoms. The van der Waals surface area contributed by atoms with Gasteiger partial charge in [0.25, 0.3) is 0 Å². The Morgan fingerprint density at radius 1 is 0.493 bits per heavy atom. The van der Waals surface area contributed by atoms with Gasteiger partial charge < -0.3 is 40.3 Å². The zero-order chi connectivity index (χ0) is 48.7. The molecule has 0 aliphatic carbocycles. The Balaban J connectivity index is 2.18. The lowest BCUT2D eigenvalue weighted by Gasteiger charge is -2.40. The summed E-state index contributed by atoms with van der Waals surface area (Å²) >= 11 is 0. The van der Waals surface area contributed by atoms with Crippen LogP contribution in [0.25, 0.3) is 0 Å². The molecule has 1 aliphatic heterocycles. The van der Waals surface area contributed by atoms with Gasteiger partial charge in [-0.25, -0.2) is 0 Å². The van der Waals surface area contributed by atoms with E-state index in [1.807, 2.05) is 6.08 Å². The third-order valence-corrected chi connectivity index (χ3v) is 14.0. The van der Waals surface area contributed by atoms with E-state index in [-0.39, 0.29) is 12.5 Å². The number of carbonyl (C=O) groups excluding carboxylic acids is 1. The number of aliphatic hydroxyl groups is 5. The van der Waals surface area contributed by atoms with Gasteiger partial charge in [-0.2, -0.15) is 0 Å². The van der Waals surface area contributed by atoms with Crippen LogP contribution in [0.5, 0.6) is 0 Å². The molecule has 9 heteroatoms. The summed E-state index contributed by atoms with van der Waals surface area (Å²) in [4.78, 5) is 13.0. The van der Waals surface area contributed by atoms with Crippen LogP contribution >= 0.6 is 0 Å². The van der Waals surface area contributed by atoms with E-state index in [1.165, 1.54) is 205 Å². The number of hydrogen-bond acceptors (Lipinski definition) is 8. The third kappa shape index (κ3) is 38.1. The highest BCUT2D eigenvalue weighted by molar-refractivity contribution is 5.76. The van der Waals surface area contributed by atoms with Gasteiger partial charge in [0.1, 0.15) is 24.4 Å². The zero-order valence-corrected chi connectivity index (χ0v) is 43.9. The number of ether oxygens (including phenoxy) is 2. The molecule has 1 saturated heterocycles. The molecule has 0 saturated carbocycles. The van der Waals surface area contributed by atoms with E-state index in [0.29, 0.717) is 6.42 Å². The maximum Gasteiger partial charge on any atom is 0.220 e. The lowest BCUT2D eigenvalue weighted by molar-refractivity contribution is -0.302. The average molecular weight is 951 g/mol. The van der Waals surface area contributed by atoms with Gasteiger partial charge in [0.2, 0.25) is 5.91 Å². The molecule has 1 aliphatic rings. The first-order chi connectivity index (χ1) is 32.8. The summed E-state index contributed by atoms with van der Waals surface area (Å²) in [5.41, 5.74) is 0. The van der Waals surface area contributed by atoms with Crippen molar-refractivity contribution in [2.45, 2.75) is 326 Å². The lowest BCUT2D eigenvalue weighted by Crippen LogP contribution is -2.60. The van der Waals surface area contributed by atoms with Crippen molar-refractivity contribution in [3.63, 3.8) is 0 Å². The van der Waals surface area contributed by atoms with Crippen molar-refractivity contribution in [3.8, 4) is 0 Å². The van der Waals surface area contributed by atoms with Crippen molar-refractivity contribution < 1.29 is 39.8 Å². The topological polar surface area (TPSA) is 149 Å². The van der Waals surface area contributed by atoms with Crippen molar-refractivity contribution in [2.75, 3.05) is 13.2 Å². The molecule has 7 unspecified atom stereocenters. The van der Waals surface area contributed by atoms with Crippen LogP contribution in [-0.4, -0.2) is 87.5 Å². The molecule has 0 aromatic heterocycles. The van der Waals surface area contributed by atoms with E-state index in [2.05, 4.69) is 31.3 Å². The minimum absolute atomic E-state index is 0.182. The first-order valence-corrected chi connectivity index (χ1v) is 29.1. The number of amides is 1. The molecule has 7 atom stereocenters. The molecular formula is C58H111NO8. The van der Waals surface area contributed by atoms with E-state index in [0.717, 1.165) is 57.8 Å². The molecule has 0 spiro atoms. The van der Waals surface area contributed by atoms with Gasteiger partial charge in [0.15, 0.2) is 6.29 Å². The second kappa shape index (κ2) is 48.3. The number of nitrogens with one attached hydrogen (secondary N) is 1. The van der Waals surface area contributed by atoms with Crippen LogP contribution in [0.1, 0.15) is 284 Å². The minimum atomic E-state index is -1.57. The summed E-state index contributed by atoms with van der Waals surface area (Å²) in [5.74, 6) is -0.182. The Bertz CT molecular complexity index is 1100. The molecule has 67 heavy (non-hydrogen) atoms. The van der Waals surface area contributed by atoms with Crippen LogP contribution in [-0.2, 0) is 14.3 Å². The number of rotatable bonds is 50. The third-order valence-electron chi connectivity index (χ3n) is 14.0. The van der Waals surface area contributed by atoms with Gasteiger partial charge in [-0.3, -0.25) is 4.79 Å². The van der Waals surface area contributed by atoms with Gasteiger partial charge in [0, 0.05) is 6.42 Å². The largest absolute Gasteiger partial charge is 0.394 e. The fourth-order valence-electron chi connectivity index (χ4n) is 9.39. The van der Waals surface area contributed by atoms with Crippen LogP contribution in [0, 0.1) is 0 Å². The first-order valence-electron chi connectivity index (χ1n) is 29.1. The predicted molar refractivity (Wildman–Crippen MR) is 281 cm³/mol. The monoisotopic (exact) mass is 950 g/mol. The summed E-state index contributed by atoms with van der Waals surface area (Å²) < 4.78 is 11.3. The Morgan fingerprint density at radius 2 is 0.836 bits per heavy atom. The molecule has 1 fully saturated rings. The van der Waals surface area contributed by atoms with Crippen LogP contribution in [0.15, 0.2) is 24.3 Å². The molecule has 9 nitrogen and oxygen atoms in total. The van der Waals surface area contributed by atoms with Crippen LogP contribution in [0.4, 0.5) is 0 Å². The SMILES string of the molecule is CCCCCCCC/C=C\CCCCCCCC(=O)NC(COC1OC(CO)C(O)C(O)C1O)C(O)/C=C/CCCCCCCCCCCCCCCCCCCCCCCCCCCCC. The number of carbonyl (C=O) groups is 1. The Hall–Kier alpha value is -1.33. The quantitative estimate of drug-likeness (QED) is 0.0261. The highest BCUT2D eigenvalue weighted by Crippen LogP contribution is 2.23. The van der Waals surface area contributed by atoms with Gasteiger partial charge >= 0.3 is 0 Å². The van der Waals surface area contributed by atoms with Gasteiger partial charge in [-0.15, -0.1) is 0 Å². The molecular weight excluding hydrogens is 839 g/mol. The molecule has 396 valence electrons. The Kier molecular flexibility index (Phi) is 45.9. The Morgan fingerprint density at radius 3 is 1.21 bits per heavy atom. The van der Waals surface area contributed by atoms with Crippen molar-refractivity contribution >= 4 is 5.91 Å². The summed E-state index contributed by atoms with van der Waals surface area (Å²) in [6.45, 7) is 3.79. The summed E-state index contributed by atoms with van der Waals surface area (Å²) in [6, 6.07) is -0.807. The van der Waals surface area contributed by atoms with Crippen molar-refractivity contribution in [2.24, 2.45) is 0 Å².